The Balaban J connectivity index is 2.45. The molecule has 0 radical (unpaired) electrons. The van der Waals surface area contributed by atoms with Crippen LogP contribution in [0.2, 0.25) is 0 Å². The third-order valence-corrected chi connectivity index (χ3v) is 2.38. The number of nitrogens with one attached hydrogen (secondary N) is 1. The molecule has 0 saturated heterocycles. The average molecular weight is 220 g/mol. The number of hydrogen-bond donors (Lipinski definition) is 2. The molecule has 0 amide bonds. The van der Waals surface area contributed by atoms with Crippen LogP contribution in [-0.2, 0) is 4.79 Å². The van der Waals surface area contributed by atoms with Crippen LogP contribution in [0.5, 0.6) is 0 Å². The third kappa shape index (κ3) is 3.82. The van der Waals surface area contributed by atoms with E-state index in [0.29, 0.717) is 12.1 Å². The summed E-state index contributed by atoms with van der Waals surface area (Å²) in [5.41, 5.74) is 1.49. The highest BCUT2D eigenvalue weighted by atomic mass is 16.4. The molecule has 86 valence electrons. The minimum atomic E-state index is -0.877. The van der Waals surface area contributed by atoms with Crippen LogP contribution < -0.4 is 5.32 Å². The van der Waals surface area contributed by atoms with Gasteiger partial charge in [0, 0.05) is 30.6 Å². The van der Waals surface area contributed by atoms with E-state index in [0.717, 1.165) is 5.56 Å². The zero-order chi connectivity index (χ0) is 12.0. The van der Waals surface area contributed by atoms with Gasteiger partial charge in [0.1, 0.15) is 0 Å². The van der Waals surface area contributed by atoms with Crippen molar-refractivity contribution in [2.24, 2.45) is 0 Å². The molecule has 4 nitrogen and oxygen atoms in total. The van der Waals surface area contributed by atoms with Crippen molar-refractivity contribution in [3.05, 3.63) is 41.7 Å². The van der Waals surface area contributed by atoms with Crippen LogP contribution in [0.25, 0.3) is 0 Å². The molecule has 0 fully saturated rings. The Morgan fingerprint density at radius 3 is 2.75 bits per heavy atom. The summed E-state index contributed by atoms with van der Waals surface area (Å²) in [4.78, 5) is 14.5. The second kappa shape index (κ2) is 6.02. The number of nitrogens with zero attached hydrogens (tertiary/aromatic N) is 1. The van der Waals surface area contributed by atoms with Crippen molar-refractivity contribution >= 4 is 5.97 Å². The highest BCUT2D eigenvalue weighted by molar-refractivity contribution is 5.85. The Bertz CT molecular complexity index is 374. The molecule has 0 bridgehead atoms. The molecule has 2 N–H and O–H groups in total. The van der Waals surface area contributed by atoms with Crippen molar-refractivity contribution in [3.63, 3.8) is 0 Å². The van der Waals surface area contributed by atoms with Crippen molar-refractivity contribution in [3.8, 4) is 0 Å². The first-order valence-corrected chi connectivity index (χ1v) is 5.14. The second-order valence-electron chi connectivity index (χ2n) is 3.60. The van der Waals surface area contributed by atoms with E-state index >= 15 is 0 Å². The Morgan fingerprint density at radius 2 is 2.19 bits per heavy atom. The smallest absolute Gasteiger partial charge is 0.330 e. The standard InChI is InChI=1S/C12H16N2O2/c1-9(12(15)16)3-8-14-10(2)11-4-6-13-7-5-11/h3-7,10,14H,8H2,1-2H3,(H,15,16)/b9-3-. The summed E-state index contributed by atoms with van der Waals surface area (Å²) in [6, 6.07) is 4.05. The van der Waals surface area contributed by atoms with Crippen LogP contribution in [0.15, 0.2) is 36.2 Å². The molecule has 1 unspecified atom stereocenters. The predicted molar refractivity (Wildman–Crippen MR) is 62.0 cm³/mol. The molecular weight excluding hydrogens is 204 g/mol. The Morgan fingerprint density at radius 1 is 1.56 bits per heavy atom. The van der Waals surface area contributed by atoms with E-state index in [-0.39, 0.29) is 6.04 Å². The molecule has 1 aromatic rings. The molecule has 16 heavy (non-hydrogen) atoms. The highest BCUT2D eigenvalue weighted by Crippen LogP contribution is 2.09. The van der Waals surface area contributed by atoms with Crippen LogP contribution in [0, 0.1) is 0 Å². The first kappa shape index (κ1) is 12.4. The molecule has 1 rings (SSSR count). The fourth-order valence-corrected chi connectivity index (χ4v) is 1.25. The largest absolute Gasteiger partial charge is 0.478 e. The van der Waals surface area contributed by atoms with Crippen LogP contribution in [-0.4, -0.2) is 22.6 Å². The van der Waals surface area contributed by atoms with Crippen molar-refractivity contribution in [1.29, 1.82) is 0 Å². The molecule has 4 heteroatoms. The first-order valence-electron chi connectivity index (χ1n) is 5.14. The first-order chi connectivity index (χ1) is 7.61. The van der Waals surface area contributed by atoms with Gasteiger partial charge in [0.15, 0.2) is 0 Å². The maximum absolute atomic E-state index is 10.5. The molecule has 0 aliphatic heterocycles. The molecule has 0 aromatic carbocycles. The van der Waals surface area contributed by atoms with Crippen molar-refractivity contribution in [2.45, 2.75) is 19.9 Å². The van der Waals surface area contributed by atoms with Crippen LogP contribution in [0.4, 0.5) is 0 Å². The lowest BCUT2D eigenvalue weighted by atomic mass is 10.1. The van der Waals surface area contributed by atoms with Crippen molar-refractivity contribution in [1.82, 2.24) is 10.3 Å². The van der Waals surface area contributed by atoms with Gasteiger partial charge in [0.25, 0.3) is 0 Å². The van der Waals surface area contributed by atoms with E-state index in [4.69, 9.17) is 5.11 Å². The third-order valence-electron chi connectivity index (χ3n) is 2.38. The van der Waals surface area contributed by atoms with Gasteiger partial charge in [-0.25, -0.2) is 4.79 Å². The number of carboxylic acids is 1. The maximum atomic E-state index is 10.5. The minimum absolute atomic E-state index is 0.181. The monoisotopic (exact) mass is 220 g/mol. The van der Waals surface area contributed by atoms with Crippen LogP contribution >= 0.6 is 0 Å². The van der Waals surface area contributed by atoms with Crippen molar-refractivity contribution < 1.29 is 9.90 Å². The lowest BCUT2D eigenvalue weighted by Gasteiger charge is -2.12. The number of aromatic nitrogens is 1. The molecular formula is C12H16N2O2. The maximum Gasteiger partial charge on any atom is 0.330 e. The lowest BCUT2D eigenvalue weighted by molar-refractivity contribution is -0.132. The molecule has 0 aliphatic carbocycles. The van der Waals surface area contributed by atoms with Gasteiger partial charge in [-0.05, 0) is 31.5 Å². The Labute approximate surface area is 95.0 Å². The highest BCUT2D eigenvalue weighted by Gasteiger charge is 2.03. The SMILES string of the molecule is C/C(=C/CNC(C)c1ccncc1)C(=O)O. The topological polar surface area (TPSA) is 62.2 Å². The number of carboxylic acid groups (broad SMARTS) is 1. The van der Waals surface area contributed by atoms with Gasteiger partial charge in [0.2, 0.25) is 0 Å². The number of rotatable bonds is 5. The van der Waals surface area contributed by atoms with Gasteiger partial charge >= 0.3 is 5.97 Å². The van der Waals surface area contributed by atoms with Gasteiger partial charge in [0.05, 0.1) is 0 Å². The minimum Gasteiger partial charge on any atom is -0.478 e. The predicted octanol–water partition coefficient (Wildman–Crippen LogP) is 1.76. The number of hydrogen-bond acceptors (Lipinski definition) is 3. The van der Waals surface area contributed by atoms with E-state index in [1.807, 2.05) is 19.1 Å². The quantitative estimate of drug-likeness (QED) is 0.742. The zero-order valence-corrected chi connectivity index (χ0v) is 9.47. The fraction of sp³-hybridized carbons (Fsp3) is 0.333. The number of aliphatic carboxylic acids is 1. The summed E-state index contributed by atoms with van der Waals surface area (Å²) in [5.74, 6) is -0.877. The molecule has 1 atom stereocenters. The number of carbonyl (C=O) groups is 1. The molecule has 1 heterocycles. The van der Waals surface area contributed by atoms with E-state index in [1.165, 1.54) is 0 Å². The van der Waals surface area contributed by atoms with Gasteiger partial charge in [-0.15, -0.1) is 0 Å². The summed E-state index contributed by atoms with van der Waals surface area (Å²) in [7, 11) is 0. The van der Waals surface area contributed by atoms with Gasteiger partial charge in [-0.2, -0.15) is 0 Å². The molecule has 0 spiro atoms. The summed E-state index contributed by atoms with van der Waals surface area (Å²) in [6.07, 6.45) is 5.15. The van der Waals surface area contributed by atoms with Gasteiger partial charge in [-0.1, -0.05) is 6.08 Å². The molecule has 0 aliphatic rings. The zero-order valence-electron chi connectivity index (χ0n) is 9.47. The summed E-state index contributed by atoms with van der Waals surface area (Å²) in [5, 5.41) is 11.9. The molecule has 0 saturated carbocycles. The van der Waals surface area contributed by atoms with Crippen LogP contribution in [0.1, 0.15) is 25.5 Å². The lowest BCUT2D eigenvalue weighted by Crippen LogP contribution is -2.19. The fourth-order valence-electron chi connectivity index (χ4n) is 1.25. The second-order valence-corrected chi connectivity index (χ2v) is 3.60. The van der Waals surface area contributed by atoms with Gasteiger partial charge in [-0.3, -0.25) is 4.98 Å². The van der Waals surface area contributed by atoms with Crippen LogP contribution in [0.3, 0.4) is 0 Å². The summed E-state index contributed by atoms with van der Waals surface area (Å²) < 4.78 is 0. The Kier molecular flexibility index (Phi) is 4.66. The average Bonchev–Trinajstić information content (AvgIpc) is 2.29. The van der Waals surface area contributed by atoms with E-state index in [1.54, 1.807) is 25.4 Å². The van der Waals surface area contributed by atoms with E-state index in [9.17, 15) is 4.79 Å². The van der Waals surface area contributed by atoms with E-state index < -0.39 is 5.97 Å². The Hall–Kier alpha value is -1.68. The molecule has 1 aromatic heterocycles. The normalized spacial score (nSPS) is 13.5. The van der Waals surface area contributed by atoms with Crippen molar-refractivity contribution in [2.75, 3.05) is 6.54 Å². The summed E-state index contributed by atoms with van der Waals surface area (Å²) >= 11 is 0. The van der Waals surface area contributed by atoms with E-state index in [2.05, 4.69) is 10.3 Å². The number of pyridine rings is 1. The summed E-state index contributed by atoms with van der Waals surface area (Å²) in [6.45, 7) is 4.15. The van der Waals surface area contributed by atoms with Gasteiger partial charge < -0.3 is 10.4 Å².